The van der Waals surface area contributed by atoms with Crippen LogP contribution in [-0.4, -0.2) is 33.5 Å². The van der Waals surface area contributed by atoms with Crippen molar-refractivity contribution in [2.24, 2.45) is 5.41 Å². The van der Waals surface area contributed by atoms with Crippen molar-refractivity contribution in [2.75, 3.05) is 6.54 Å². The standard InChI is InChI=1S/C22H31N3O2/c1-22(2,3)16-20(26)25(18-12-8-5-9-13-18)15-14-19-23-21(24-27-19)17-10-6-4-7-11-17/h4,6-7,10-11,18H,5,8-9,12-16H2,1-3H3. The lowest BCUT2D eigenvalue weighted by Gasteiger charge is -2.35. The summed E-state index contributed by atoms with van der Waals surface area (Å²) in [5, 5.41) is 4.09. The molecular formula is C22H31N3O2. The quantitative estimate of drug-likeness (QED) is 0.728. The Labute approximate surface area is 162 Å². The third-order valence-electron chi connectivity index (χ3n) is 5.08. The third kappa shape index (κ3) is 5.65. The van der Waals surface area contributed by atoms with Gasteiger partial charge in [0.1, 0.15) is 0 Å². The molecule has 27 heavy (non-hydrogen) atoms. The van der Waals surface area contributed by atoms with Gasteiger partial charge in [-0.25, -0.2) is 0 Å². The van der Waals surface area contributed by atoms with Gasteiger partial charge in [0.05, 0.1) is 0 Å². The number of amides is 1. The fourth-order valence-corrected chi connectivity index (χ4v) is 3.74. The number of aromatic nitrogens is 2. The average molecular weight is 370 g/mol. The van der Waals surface area contributed by atoms with Crippen LogP contribution in [0.3, 0.4) is 0 Å². The molecule has 1 heterocycles. The summed E-state index contributed by atoms with van der Waals surface area (Å²) in [7, 11) is 0. The lowest BCUT2D eigenvalue weighted by molar-refractivity contribution is -0.136. The summed E-state index contributed by atoms with van der Waals surface area (Å²) in [5.74, 6) is 1.45. The summed E-state index contributed by atoms with van der Waals surface area (Å²) in [6.07, 6.45) is 7.09. The smallest absolute Gasteiger partial charge is 0.228 e. The summed E-state index contributed by atoms with van der Waals surface area (Å²) in [6.45, 7) is 7.01. The first-order valence-electron chi connectivity index (χ1n) is 10.1. The predicted molar refractivity (Wildman–Crippen MR) is 106 cm³/mol. The Morgan fingerprint density at radius 1 is 1.15 bits per heavy atom. The highest BCUT2D eigenvalue weighted by molar-refractivity contribution is 5.77. The monoisotopic (exact) mass is 369 g/mol. The fourth-order valence-electron chi connectivity index (χ4n) is 3.74. The number of hydrogen-bond acceptors (Lipinski definition) is 4. The summed E-state index contributed by atoms with van der Waals surface area (Å²) in [4.78, 5) is 19.6. The van der Waals surface area contributed by atoms with Gasteiger partial charge in [-0.3, -0.25) is 4.79 Å². The van der Waals surface area contributed by atoms with E-state index in [1.54, 1.807) is 0 Å². The molecule has 5 heteroatoms. The van der Waals surface area contributed by atoms with Crippen molar-refractivity contribution in [2.45, 2.75) is 71.8 Å². The summed E-state index contributed by atoms with van der Waals surface area (Å²) >= 11 is 0. The van der Waals surface area contributed by atoms with Gasteiger partial charge in [0, 0.05) is 31.0 Å². The molecule has 1 aliphatic rings. The van der Waals surface area contributed by atoms with E-state index in [0.29, 0.717) is 37.1 Å². The zero-order valence-corrected chi connectivity index (χ0v) is 16.8. The maximum Gasteiger partial charge on any atom is 0.228 e. The molecule has 1 aromatic carbocycles. The van der Waals surface area contributed by atoms with Gasteiger partial charge in [-0.2, -0.15) is 4.98 Å². The van der Waals surface area contributed by atoms with E-state index < -0.39 is 0 Å². The minimum absolute atomic E-state index is 0.00499. The van der Waals surface area contributed by atoms with Gasteiger partial charge in [0.25, 0.3) is 0 Å². The zero-order chi connectivity index (χ0) is 19.3. The van der Waals surface area contributed by atoms with Crippen molar-refractivity contribution < 1.29 is 9.32 Å². The Bertz CT molecular complexity index is 728. The topological polar surface area (TPSA) is 59.2 Å². The molecule has 1 fully saturated rings. The molecule has 0 atom stereocenters. The lowest BCUT2D eigenvalue weighted by atomic mass is 9.89. The van der Waals surface area contributed by atoms with Gasteiger partial charge in [0.2, 0.25) is 17.6 Å². The van der Waals surface area contributed by atoms with Crippen molar-refractivity contribution in [3.63, 3.8) is 0 Å². The lowest BCUT2D eigenvalue weighted by Crippen LogP contribution is -2.43. The second-order valence-electron chi connectivity index (χ2n) is 8.74. The Kier molecular flexibility index (Phi) is 6.30. The molecule has 2 aromatic rings. The van der Waals surface area contributed by atoms with Crippen LogP contribution in [-0.2, 0) is 11.2 Å². The zero-order valence-electron chi connectivity index (χ0n) is 16.8. The van der Waals surface area contributed by atoms with Gasteiger partial charge in [-0.15, -0.1) is 0 Å². The van der Waals surface area contributed by atoms with Crippen LogP contribution < -0.4 is 0 Å². The number of rotatable bonds is 6. The van der Waals surface area contributed by atoms with Gasteiger partial charge in [0.15, 0.2) is 0 Å². The molecule has 0 bridgehead atoms. The van der Waals surface area contributed by atoms with E-state index in [1.165, 1.54) is 19.3 Å². The molecule has 1 aliphatic carbocycles. The first kappa shape index (κ1) is 19.6. The van der Waals surface area contributed by atoms with E-state index >= 15 is 0 Å². The maximum absolute atomic E-state index is 13.0. The normalized spacial score (nSPS) is 15.7. The van der Waals surface area contributed by atoms with Gasteiger partial charge in [-0.05, 0) is 18.3 Å². The van der Waals surface area contributed by atoms with Crippen molar-refractivity contribution in [1.82, 2.24) is 15.0 Å². The van der Waals surface area contributed by atoms with Crippen molar-refractivity contribution >= 4 is 5.91 Å². The van der Waals surface area contributed by atoms with Crippen LogP contribution in [0, 0.1) is 5.41 Å². The van der Waals surface area contributed by atoms with Crippen LogP contribution in [0.4, 0.5) is 0 Å². The molecule has 0 spiro atoms. The van der Waals surface area contributed by atoms with Gasteiger partial charge >= 0.3 is 0 Å². The molecule has 0 saturated heterocycles. The third-order valence-corrected chi connectivity index (χ3v) is 5.08. The second kappa shape index (κ2) is 8.68. The summed E-state index contributed by atoms with van der Waals surface area (Å²) < 4.78 is 5.44. The number of benzene rings is 1. The summed E-state index contributed by atoms with van der Waals surface area (Å²) in [6, 6.07) is 10.2. The van der Waals surface area contributed by atoms with E-state index in [2.05, 4.69) is 35.8 Å². The highest BCUT2D eigenvalue weighted by atomic mass is 16.5. The molecule has 146 valence electrons. The Balaban J connectivity index is 1.67. The molecule has 0 aliphatic heterocycles. The molecule has 1 amide bonds. The van der Waals surface area contributed by atoms with Crippen LogP contribution in [0.1, 0.15) is 65.2 Å². The number of carbonyl (C=O) groups excluding carboxylic acids is 1. The van der Waals surface area contributed by atoms with Crippen molar-refractivity contribution in [3.8, 4) is 11.4 Å². The largest absolute Gasteiger partial charge is 0.339 e. The average Bonchev–Trinajstić information content (AvgIpc) is 3.11. The van der Waals surface area contributed by atoms with E-state index in [0.717, 1.165) is 18.4 Å². The molecule has 0 unspecified atom stereocenters. The molecule has 1 aromatic heterocycles. The van der Waals surface area contributed by atoms with E-state index in [1.807, 2.05) is 30.3 Å². The van der Waals surface area contributed by atoms with Crippen LogP contribution in [0.25, 0.3) is 11.4 Å². The van der Waals surface area contributed by atoms with E-state index in [-0.39, 0.29) is 11.3 Å². The highest BCUT2D eigenvalue weighted by Crippen LogP contribution is 2.27. The second-order valence-corrected chi connectivity index (χ2v) is 8.74. The van der Waals surface area contributed by atoms with Crippen molar-refractivity contribution in [3.05, 3.63) is 36.2 Å². The van der Waals surface area contributed by atoms with Crippen molar-refractivity contribution in [1.29, 1.82) is 0 Å². The van der Waals surface area contributed by atoms with Crippen LogP contribution in [0.2, 0.25) is 0 Å². The minimum Gasteiger partial charge on any atom is -0.339 e. The number of nitrogens with zero attached hydrogens (tertiary/aromatic N) is 3. The molecular weight excluding hydrogens is 338 g/mol. The number of carbonyl (C=O) groups is 1. The van der Waals surface area contributed by atoms with Gasteiger partial charge in [-0.1, -0.05) is 75.5 Å². The first-order valence-corrected chi connectivity index (χ1v) is 10.1. The highest BCUT2D eigenvalue weighted by Gasteiger charge is 2.28. The maximum atomic E-state index is 13.0. The van der Waals surface area contributed by atoms with E-state index in [9.17, 15) is 4.79 Å². The Morgan fingerprint density at radius 3 is 2.52 bits per heavy atom. The Morgan fingerprint density at radius 2 is 1.85 bits per heavy atom. The van der Waals surface area contributed by atoms with Crippen LogP contribution >= 0.6 is 0 Å². The molecule has 1 saturated carbocycles. The minimum atomic E-state index is -0.00499. The molecule has 0 N–H and O–H groups in total. The summed E-state index contributed by atoms with van der Waals surface area (Å²) in [5.41, 5.74) is 0.940. The molecule has 5 nitrogen and oxygen atoms in total. The van der Waals surface area contributed by atoms with E-state index in [4.69, 9.17) is 4.52 Å². The molecule has 3 rings (SSSR count). The predicted octanol–water partition coefficient (Wildman–Crippen LogP) is 4.88. The Hall–Kier alpha value is -2.17. The SMILES string of the molecule is CC(C)(C)CC(=O)N(CCc1nc(-c2ccccc2)no1)C1CCCCC1. The number of hydrogen-bond donors (Lipinski definition) is 0. The van der Waals surface area contributed by atoms with Gasteiger partial charge < -0.3 is 9.42 Å². The fraction of sp³-hybridized carbons (Fsp3) is 0.591. The first-order chi connectivity index (χ1) is 12.9. The van der Waals surface area contributed by atoms with Crippen LogP contribution in [0.15, 0.2) is 34.9 Å². The molecule has 0 radical (unpaired) electrons. The van der Waals surface area contributed by atoms with Crippen LogP contribution in [0.5, 0.6) is 0 Å².